The molecule has 3 nitrogen and oxygen atoms in total. The summed E-state index contributed by atoms with van der Waals surface area (Å²) in [6, 6.07) is 7.50. The molecule has 1 aliphatic heterocycles. The molecule has 0 radical (unpaired) electrons. The molecule has 2 aromatic rings. The molecule has 0 amide bonds. The molecule has 2 aromatic carbocycles. The maximum absolute atomic E-state index is 14.3. The smallest absolute Gasteiger partial charge is 0.185 e. The van der Waals surface area contributed by atoms with Crippen LogP contribution in [-0.2, 0) is 9.84 Å². The van der Waals surface area contributed by atoms with Gasteiger partial charge in [0.05, 0.1) is 10.5 Å². The van der Waals surface area contributed by atoms with Crippen LogP contribution in [-0.4, -0.2) is 14.5 Å². The summed E-state index contributed by atoms with van der Waals surface area (Å²) >= 11 is 5.80. The number of rotatable bonds is 3. The van der Waals surface area contributed by atoms with Crippen molar-refractivity contribution in [2.45, 2.75) is 36.0 Å². The number of fused-ring (bicyclic) bond motifs is 1. The topological polar surface area (TPSA) is 43.4 Å². The van der Waals surface area contributed by atoms with Crippen LogP contribution in [0.2, 0.25) is 5.02 Å². The number of hydrogen-bond donors (Lipinski definition) is 0. The molecule has 128 valence electrons. The van der Waals surface area contributed by atoms with Crippen LogP contribution in [0.1, 0.15) is 30.6 Å². The molecule has 0 aliphatic carbocycles. The van der Waals surface area contributed by atoms with Crippen LogP contribution in [0.5, 0.6) is 5.75 Å². The molecule has 7 heteroatoms. The van der Waals surface area contributed by atoms with Gasteiger partial charge in [0, 0.05) is 11.4 Å². The van der Waals surface area contributed by atoms with E-state index >= 15 is 0 Å². The first-order valence-electron chi connectivity index (χ1n) is 7.48. The van der Waals surface area contributed by atoms with E-state index in [2.05, 4.69) is 0 Å². The summed E-state index contributed by atoms with van der Waals surface area (Å²) in [6.45, 7) is 1.80. The average Bonchev–Trinajstić information content (AvgIpc) is 2.57. The van der Waals surface area contributed by atoms with Crippen molar-refractivity contribution in [3.05, 3.63) is 58.6 Å². The van der Waals surface area contributed by atoms with E-state index in [0.717, 1.165) is 12.1 Å². The third-order valence-corrected chi connectivity index (χ3v) is 6.51. The molecule has 3 rings (SSSR count). The Balaban J connectivity index is 2.17. The van der Waals surface area contributed by atoms with Crippen molar-refractivity contribution < 1.29 is 21.9 Å². The van der Waals surface area contributed by atoms with Crippen LogP contribution in [0.15, 0.2) is 41.3 Å². The molecule has 1 aliphatic rings. The van der Waals surface area contributed by atoms with Crippen molar-refractivity contribution in [2.75, 3.05) is 0 Å². The fourth-order valence-electron chi connectivity index (χ4n) is 2.86. The van der Waals surface area contributed by atoms with Gasteiger partial charge in [-0.3, -0.25) is 0 Å². The highest BCUT2D eigenvalue weighted by Gasteiger charge is 2.40. The van der Waals surface area contributed by atoms with Crippen LogP contribution >= 0.6 is 11.6 Å². The SMILES string of the molecule is CCC1C[C@@H](S(=O)(=O)c2ccc(Cl)cc2)c2c(F)ccc(F)c2O1. The second-order valence-corrected chi connectivity index (χ2v) is 8.21. The Hall–Kier alpha value is -1.66. The quantitative estimate of drug-likeness (QED) is 0.784. The summed E-state index contributed by atoms with van der Waals surface area (Å²) in [5.41, 5.74) is -0.241. The second-order valence-electron chi connectivity index (χ2n) is 5.64. The maximum Gasteiger partial charge on any atom is 0.185 e. The van der Waals surface area contributed by atoms with Crippen molar-refractivity contribution in [3.8, 4) is 5.75 Å². The maximum atomic E-state index is 14.3. The fraction of sp³-hybridized carbons (Fsp3) is 0.294. The van der Waals surface area contributed by atoms with Crippen molar-refractivity contribution in [1.29, 1.82) is 0 Å². The second kappa shape index (κ2) is 6.33. The third-order valence-electron chi connectivity index (χ3n) is 4.15. The lowest BCUT2D eigenvalue weighted by Crippen LogP contribution is -2.30. The lowest BCUT2D eigenvalue weighted by atomic mass is 9.99. The molecule has 24 heavy (non-hydrogen) atoms. The van der Waals surface area contributed by atoms with Gasteiger partial charge in [-0.05, 0) is 42.8 Å². The third kappa shape index (κ3) is 2.89. The lowest BCUT2D eigenvalue weighted by Gasteiger charge is -2.32. The Kier molecular flexibility index (Phi) is 4.53. The summed E-state index contributed by atoms with van der Waals surface area (Å²) in [6.07, 6.45) is 0.0533. The first-order chi connectivity index (χ1) is 11.3. The monoisotopic (exact) mass is 372 g/mol. The summed E-state index contributed by atoms with van der Waals surface area (Å²) in [5, 5.41) is -0.812. The minimum Gasteiger partial charge on any atom is -0.487 e. The van der Waals surface area contributed by atoms with Gasteiger partial charge in [0.1, 0.15) is 17.2 Å². The highest BCUT2D eigenvalue weighted by atomic mass is 35.5. The first-order valence-corrected chi connectivity index (χ1v) is 9.41. The van der Waals surface area contributed by atoms with E-state index in [4.69, 9.17) is 16.3 Å². The van der Waals surface area contributed by atoms with Gasteiger partial charge in [0.2, 0.25) is 0 Å². The summed E-state index contributed by atoms with van der Waals surface area (Å²) in [7, 11) is -3.92. The molecule has 0 saturated heterocycles. The van der Waals surface area contributed by atoms with Gasteiger partial charge in [-0.25, -0.2) is 17.2 Å². The zero-order chi connectivity index (χ0) is 17.5. The Morgan fingerprint density at radius 1 is 1.12 bits per heavy atom. The molecule has 0 spiro atoms. The molecule has 1 heterocycles. The highest BCUT2D eigenvalue weighted by molar-refractivity contribution is 7.91. The molecular formula is C17H15ClF2O3S. The van der Waals surface area contributed by atoms with Gasteiger partial charge in [0.15, 0.2) is 21.4 Å². The van der Waals surface area contributed by atoms with Crippen molar-refractivity contribution in [3.63, 3.8) is 0 Å². The molecule has 0 fully saturated rings. The van der Waals surface area contributed by atoms with E-state index in [1.807, 2.05) is 0 Å². The minimum absolute atomic E-state index is 0.0169. The first kappa shape index (κ1) is 17.2. The molecule has 0 saturated carbocycles. The fourth-order valence-corrected chi connectivity index (χ4v) is 4.83. The van der Waals surface area contributed by atoms with E-state index in [9.17, 15) is 17.2 Å². The van der Waals surface area contributed by atoms with Crippen molar-refractivity contribution in [2.24, 2.45) is 0 Å². The number of ether oxygens (including phenoxy) is 1. The molecule has 1 unspecified atom stereocenters. The van der Waals surface area contributed by atoms with E-state index < -0.39 is 32.8 Å². The van der Waals surface area contributed by atoms with E-state index in [0.29, 0.717) is 11.4 Å². The zero-order valence-corrected chi connectivity index (χ0v) is 14.4. The van der Waals surface area contributed by atoms with E-state index in [1.54, 1.807) is 6.92 Å². The normalized spacial score (nSPS) is 20.3. The molecule has 2 atom stereocenters. The van der Waals surface area contributed by atoms with E-state index in [-0.39, 0.29) is 22.6 Å². The predicted molar refractivity (Wildman–Crippen MR) is 87.1 cm³/mol. The minimum atomic E-state index is -3.92. The van der Waals surface area contributed by atoms with Gasteiger partial charge in [-0.1, -0.05) is 18.5 Å². The predicted octanol–water partition coefficient (Wildman–Crippen LogP) is 4.69. The lowest BCUT2D eigenvalue weighted by molar-refractivity contribution is 0.156. The van der Waals surface area contributed by atoms with Gasteiger partial charge in [-0.15, -0.1) is 0 Å². The zero-order valence-electron chi connectivity index (χ0n) is 12.8. The molecule has 0 aromatic heterocycles. The number of hydrogen-bond acceptors (Lipinski definition) is 3. The number of sulfone groups is 1. The van der Waals surface area contributed by atoms with Crippen molar-refractivity contribution >= 4 is 21.4 Å². The summed E-state index contributed by atoms with van der Waals surface area (Å²) < 4.78 is 59.9. The Bertz CT molecular complexity index is 866. The summed E-state index contributed by atoms with van der Waals surface area (Å²) in [5.74, 6) is -1.86. The van der Waals surface area contributed by atoms with Crippen LogP contribution in [0.3, 0.4) is 0 Å². The Labute approximate surface area is 144 Å². The van der Waals surface area contributed by atoms with Crippen LogP contribution in [0, 0.1) is 11.6 Å². The molecule has 0 N–H and O–H groups in total. The highest BCUT2D eigenvalue weighted by Crippen LogP contribution is 2.45. The van der Waals surface area contributed by atoms with E-state index in [1.165, 1.54) is 24.3 Å². The van der Waals surface area contributed by atoms with Gasteiger partial charge < -0.3 is 4.74 Å². The van der Waals surface area contributed by atoms with Crippen LogP contribution in [0.4, 0.5) is 8.78 Å². The van der Waals surface area contributed by atoms with Crippen molar-refractivity contribution in [1.82, 2.24) is 0 Å². The molecule has 0 bridgehead atoms. The standard InChI is InChI=1S/C17H15ClF2O3S/c1-2-11-9-15(16-13(19)7-8-14(20)17(16)23-11)24(21,22)12-5-3-10(18)4-6-12/h3-8,11,15H,2,9H2,1H3/t11?,15-/m1/s1. The summed E-state index contributed by atoms with van der Waals surface area (Å²) in [4.78, 5) is 0.0169. The van der Waals surface area contributed by atoms with Gasteiger partial charge in [-0.2, -0.15) is 0 Å². The number of benzene rings is 2. The van der Waals surface area contributed by atoms with Crippen LogP contribution < -0.4 is 4.74 Å². The van der Waals surface area contributed by atoms with Gasteiger partial charge in [0.25, 0.3) is 0 Å². The molecular weight excluding hydrogens is 358 g/mol. The Morgan fingerprint density at radius 3 is 2.38 bits per heavy atom. The Morgan fingerprint density at radius 2 is 1.75 bits per heavy atom. The van der Waals surface area contributed by atoms with Crippen LogP contribution in [0.25, 0.3) is 0 Å². The largest absolute Gasteiger partial charge is 0.487 e. The average molecular weight is 373 g/mol. The van der Waals surface area contributed by atoms with Gasteiger partial charge >= 0.3 is 0 Å². The number of halogens is 3.